The van der Waals surface area contributed by atoms with Crippen molar-refractivity contribution in [3.05, 3.63) is 53.3 Å². The minimum Gasteiger partial charge on any atom is -0.366 e. The number of likely N-dealkylation sites (tertiary alicyclic amines) is 1. The molecule has 1 saturated heterocycles. The van der Waals surface area contributed by atoms with Crippen LogP contribution in [0.1, 0.15) is 41.2 Å². The predicted molar refractivity (Wildman–Crippen MR) is 99.2 cm³/mol. The second-order valence-corrected chi connectivity index (χ2v) is 6.91. The fourth-order valence-corrected chi connectivity index (χ4v) is 3.77. The molecule has 1 aliphatic rings. The first-order valence-electron chi connectivity index (χ1n) is 8.82. The van der Waals surface area contributed by atoms with E-state index in [2.05, 4.69) is 34.0 Å². The molecule has 0 aliphatic carbocycles. The van der Waals surface area contributed by atoms with Gasteiger partial charge in [-0.05, 0) is 44.1 Å². The van der Waals surface area contributed by atoms with Crippen molar-refractivity contribution in [3.63, 3.8) is 0 Å². The topological polar surface area (TPSA) is 75.0 Å². The Labute approximate surface area is 151 Å². The zero-order valence-electron chi connectivity index (χ0n) is 14.6. The highest BCUT2D eigenvalue weighted by atomic mass is 19.1. The molecule has 6 heteroatoms. The Balaban J connectivity index is 1.69. The van der Waals surface area contributed by atoms with Crippen molar-refractivity contribution in [2.75, 3.05) is 13.6 Å². The molecule has 26 heavy (non-hydrogen) atoms. The maximum absolute atomic E-state index is 13.7. The third-order valence-electron chi connectivity index (χ3n) is 5.16. The molecule has 3 N–H and O–H groups in total. The highest BCUT2D eigenvalue weighted by Gasteiger charge is 2.21. The molecule has 1 aliphatic heterocycles. The Morgan fingerprint density at radius 2 is 2.04 bits per heavy atom. The van der Waals surface area contributed by atoms with Crippen LogP contribution in [0.2, 0.25) is 0 Å². The van der Waals surface area contributed by atoms with Gasteiger partial charge in [0.2, 0.25) is 0 Å². The van der Waals surface area contributed by atoms with Gasteiger partial charge in [-0.2, -0.15) is 0 Å². The zero-order valence-corrected chi connectivity index (χ0v) is 14.6. The Morgan fingerprint density at radius 1 is 1.27 bits per heavy atom. The molecular weight excluding hydrogens is 331 g/mol. The summed E-state index contributed by atoms with van der Waals surface area (Å²) >= 11 is 0. The van der Waals surface area contributed by atoms with E-state index >= 15 is 0 Å². The van der Waals surface area contributed by atoms with Crippen LogP contribution in [0, 0.1) is 5.82 Å². The monoisotopic (exact) mass is 352 g/mol. The molecule has 0 radical (unpaired) electrons. The van der Waals surface area contributed by atoms with Gasteiger partial charge in [0.05, 0.1) is 11.1 Å². The standard InChI is InChI=1S/C20H21FN4O/c1-25-9-3-2-4-17(25)12-5-7-13(8-6-12)20-23-16-11-14(21)10-15(19(22)26)18(16)24-20/h5-8,10-11,17H,2-4,9H2,1H3,(H2,22,26)(H,23,24). The lowest BCUT2D eigenvalue weighted by molar-refractivity contribution is 0.100. The lowest BCUT2D eigenvalue weighted by atomic mass is 9.95. The van der Waals surface area contributed by atoms with Gasteiger partial charge < -0.3 is 10.7 Å². The summed E-state index contributed by atoms with van der Waals surface area (Å²) in [6.45, 7) is 1.12. The number of carbonyl (C=O) groups excluding carboxylic acids is 1. The van der Waals surface area contributed by atoms with Gasteiger partial charge in [-0.1, -0.05) is 30.7 Å². The number of aromatic amines is 1. The third kappa shape index (κ3) is 2.97. The molecule has 0 spiro atoms. The largest absolute Gasteiger partial charge is 0.366 e. The summed E-state index contributed by atoms with van der Waals surface area (Å²) in [4.78, 5) is 21.5. The van der Waals surface area contributed by atoms with E-state index in [0.29, 0.717) is 22.9 Å². The van der Waals surface area contributed by atoms with Crippen LogP contribution in [0.25, 0.3) is 22.4 Å². The van der Waals surface area contributed by atoms with Crippen LogP contribution in [0.5, 0.6) is 0 Å². The number of hydrogen-bond acceptors (Lipinski definition) is 3. The van der Waals surface area contributed by atoms with Crippen LogP contribution in [0.15, 0.2) is 36.4 Å². The van der Waals surface area contributed by atoms with Crippen molar-refractivity contribution in [1.82, 2.24) is 14.9 Å². The summed E-state index contributed by atoms with van der Waals surface area (Å²) in [7, 11) is 2.16. The van der Waals surface area contributed by atoms with E-state index in [0.717, 1.165) is 18.2 Å². The summed E-state index contributed by atoms with van der Waals surface area (Å²) in [6.07, 6.45) is 3.67. The van der Waals surface area contributed by atoms with E-state index in [9.17, 15) is 9.18 Å². The van der Waals surface area contributed by atoms with Crippen molar-refractivity contribution in [1.29, 1.82) is 0 Å². The van der Waals surface area contributed by atoms with Crippen LogP contribution >= 0.6 is 0 Å². The molecule has 2 aromatic carbocycles. The van der Waals surface area contributed by atoms with Gasteiger partial charge in [-0.15, -0.1) is 0 Å². The second-order valence-electron chi connectivity index (χ2n) is 6.91. The molecule has 2 heterocycles. The van der Waals surface area contributed by atoms with E-state index in [1.807, 2.05) is 12.1 Å². The third-order valence-corrected chi connectivity index (χ3v) is 5.16. The van der Waals surface area contributed by atoms with E-state index in [1.54, 1.807) is 0 Å². The van der Waals surface area contributed by atoms with E-state index in [-0.39, 0.29) is 5.56 Å². The van der Waals surface area contributed by atoms with Crippen LogP contribution in [-0.2, 0) is 0 Å². The highest BCUT2D eigenvalue weighted by molar-refractivity contribution is 6.04. The van der Waals surface area contributed by atoms with Crippen molar-refractivity contribution in [3.8, 4) is 11.4 Å². The highest BCUT2D eigenvalue weighted by Crippen LogP contribution is 2.31. The quantitative estimate of drug-likeness (QED) is 0.756. The maximum Gasteiger partial charge on any atom is 0.251 e. The number of H-pyrrole nitrogens is 1. The molecule has 1 aromatic heterocycles. The fourth-order valence-electron chi connectivity index (χ4n) is 3.77. The number of nitrogens with two attached hydrogens (primary N) is 1. The van der Waals surface area contributed by atoms with Gasteiger partial charge in [-0.3, -0.25) is 9.69 Å². The summed E-state index contributed by atoms with van der Waals surface area (Å²) in [6, 6.07) is 11.1. The molecule has 134 valence electrons. The fraction of sp³-hybridized carbons (Fsp3) is 0.300. The van der Waals surface area contributed by atoms with E-state index in [1.165, 1.54) is 30.9 Å². The first-order valence-corrected chi connectivity index (χ1v) is 8.82. The molecule has 1 fully saturated rings. The summed E-state index contributed by atoms with van der Waals surface area (Å²) in [5, 5.41) is 0. The molecule has 4 rings (SSSR count). The minimum absolute atomic E-state index is 0.0861. The van der Waals surface area contributed by atoms with Gasteiger partial charge in [0.25, 0.3) is 5.91 Å². The van der Waals surface area contributed by atoms with Crippen LogP contribution in [-0.4, -0.2) is 34.4 Å². The number of rotatable bonds is 3. The first-order chi connectivity index (χ1) is 12.5. The molecule has 1 atom stereocenters. The average Bonchev–Trinajstić information content (AvgIpc) is 3.05. The van der Waals surface area contributed by atoms with Gasteiger partial charge in [-0.25, -0.2) is 9.37 Å². The predicted octanol–water partition coefficient (Wildman–Crippen LogP) is 3.62. The number of benzene rings is 2. The van der Waals surface area contributed by atoms with Gasteiger partial charge in [0, 0.05) is 11.6 Å². The number of fused-ring (bicyclic) bond motifs is 1. The summed E-state index contributed by atoms with van der Waals surface area (Å²) in [5.74, 6) is -0.614. The number of nitrogens with zero attached hydrogens (tertiary/aromatic N) is 2. The average molecular weight is 352 g/mol. The van der Waals surface area contributed by atoms with Crippen LogP contribution in [0.3, 0.4) is 0 Å². The minimum atomic E-state index is -0.691. The molecule has 0 bridgehead atoms. The van der Waals surface area contributed by atoms with Gasteiger partial charge >= 0.3 is 0 Å². The Kier molecular flexibility index (Phi) is 4.20. The number of piperidine rings is 1. The van der Waals surface area contributed by atoms with Gasteiger partial charge in [0.15, 0.2) is 0 Å². The van der Waals surface area contributed by atoms with Crippen molar-refractivity contribution < 1.29 is 9.18 Å². The second kappa shape index (κ2) is 6.53. The molecule has 1 amide bonds. The number of carbonyl (C=O) groups is 1. The normalized spacial score (nSPS) is 18.3. The number of imidazole rings is 1. The van der Waals surface area contributed by atoms with E-state index in [4.69, 9.17) is 5.73 Å². The van der Waals surface area contributed by atoms with Crippen LogP contribution < -0.4 is 5.73 Å². The summed E-state index contributed by atoms with van der Waals surface area (Å²) < 4.78 is 13.7. The van der Waals surface area contributed by atoms with Crippen LogP contribution in [0.4, 0.5) is 4.39 Å². The lowest BCUT2D eigenvalue weighted by Crippen LogP contribution is -2.29. The Hall–Kier alpha value is -2.73. The molecule has 1 unspecified atom stereocenters. The Bertz CT molecular complexity index is 964. The number of hydrogen-bond donors (Lipinski definition) is 2. The molecular formula is C20H21FN4O. The number of primary amides is 1. The smallest absolute Gasteiger partial charge is 0.251 e. The Morgan fingerprint density at radius 3 is 2.73 bits per heavy atom. The van der Waals surface area contributed by atoms with Crippen molar-refractivity contribution in [2.24, 2.45) is 5.73 Å². The molecule has 0 saturated carbocycles. The van der Waals surface area contributed by atoms with Crippen molar-refractivity contribution in [2.45, 2.75) is 25.3 Å². The maximum atomic E-state index is 13.7. The van der Waals surface area contributed by atoms with E-state index < -0.39 is 11.7 Å². The molecule has 3 aromatic rings. The number of halogens is 1. The molecule has 5 nitrogen and oxygen atoms in total. The van der Waals surface area contributed by atoms with Gasteiger partial charge in [0.1, 0.15) is 17.2 Å². The number of aromatic nitrogens is 2. The number of amides is 1. The SMILES string of the molecule is CN1CCCCC1c1ccc(-c2nc3c(C(N)=O)cc(F)cc3[nH]2)cc1. The number of nitrogens with one attached hydrogen (secondary N) is 1. The van der Waals surface area contributed by atoms with Crippen molar-refractivity contribution >= 4 is 16.9 Å². The lowest BCUT2D eigenvalue weighted by Gasteiger charge is -2.32. The first kappa shape index (κ1) is 16.7. The summed E-state index contributed by atoms with van der Waals surface area (Å²) in [5.41, 5.74) is 8.47. The zero-order chi connectivity index (χ0) is 18.3.